The van der Waals surface area contributed by atoms with E-state index in [1.54, 1.807) is 34.9 Å². The highest BCUT2D eigenvalue weighted by atomic mass is 16.5. The van der Waals surface area contributed by atoms with Gasteiger partial charge in [0.05, 0.1) is 53.7 Å². The van der Waals surface area contributed by atoms with Gasteiger partial charge in [-0.25, -0.2) is 14.2 Å². The topological polar surface area (TPSA) is 150 Å². The molecule has 46 heavy (non-hydrogen) atoms. The van der Waals surface area contributed by atoms with Gasteiger partial charge in [-0.2, -0.15) is 10.2 Å². The smallest absolute Gasteiger partial charge is 0.309 e. The number of nitrogens with one attached hydrogen (secondary N) is 2. The lowest BCUT2D eigenvalue weighted by molar-refractivity contribution is -0.145. The first-order valence-electron chi connectivity index (χ1n) is 15.5. The van der Waals surface area contributed by atoms with Crippen molar-refractivity contribution in [3.8, 4) is 28.4 Å². The van der Waals surface area contributed by atoms with Crippen molar-refractivity contribution in [2.45, 2.75) is 6.92 Å². The van der Waals surface area contributed by atoms with Crippen molar-refractivity contribution in [1.29, 1.82) is 0 Å². The zero-order valence-electron chi connectivity index (χ0n) is 25.5. The van der Waals surface area contributed by atoms with Crippen molar-refractivity contribution in [3.05, 3.63) is 54.7 Å². The summed E-state index contributed by atoms with van der Waals surface area (Å²) in [5.74, 6) is 1.58. The number of hydrogen-bond acceptors (Lipinski definition) is 11. The molecular weight excluding hydrogens is 590 g/mol. The largest absolute Gasteiger partial charge is 0.494 e. The molecule has 0 bridgehead atoms. The molecule has 4 aromatic heterocycles. The van der Waals surface area contributed by atoms with Crippen molar-refractivity contribution in [1.82, 2.24) is 39.6 Å². The zero-order valence-corrected chi connectivity index (χ0v) is 25.5. The van der Waals surface area contributed by atoms with Gasteiger partial charge < -0.3 is 29.7 Å². The van der Waals surface area contributed by atoms with Crippen molar-refractivity contribution in [3.63, 3.8) is 0 Å². The number of carbonyl (C=O) groups is 2. The molecule has 2 N–H and O–H groups in total. The van der Waals surface area contributed by atoms with E-state index in [-0.39, 0.29) is 23.5 Å². The molecule has 3 aliphatic rings. The highest BCUT2D eigenvalue weighted by Crippen LogP contribution is 2.52. The molecular formula is C32H33N9O5. The van der Waals surface area contributed by atoms with Gasteiger partial charge in [0, 0.05) is 63.4 Å². The number of piperidine rings is 1. The predicted octanol–water partition coefficient (Wildman–Crippen LogP) is 2.41. The summed E-state index contributed by atoms with van der Waals surface area (Å²) in [6, 6.07) is 7.45. The normalized spacial score (nSPS) is 20.1. The Balaban J connectivity index is 1.10. The minimum Gasteiger partial charge on any atom is -0.494 e. The van der Waals surface area contributed by atoms with Crippen LogP contribution in [0.1, 0.15) is 17.4 Å². The van der Waals surface area contributed by atoms with Crippen LogP contribution in [0, 0.1) is 17.8 Å². The number of ether oxygens (including phenoxy) is 3. The lowest BCUT2D eigenvalue weighted by Crippen LogP contribution is -2.36. The Morgan fingerprint density at radius 2 is 2.02 bits per heavy atom. The summed E-state index contributed by atoms with van der Waals surface area (Å²) in [6.07, 6.45) is 6.93. The number of amides is 1. The molecule has 1 saturated carbocycles. The molecule has 236 valence electrons. The third-order valence-electron chi connectivity index (χ3n) is 9.06. The molecule has 2 aliphatic heterocycles. The Morgan fingerprint density at radius 1 is 1.15 bits per heavy atom. The number of benzene rings is 1. The molecule has 1 saturated heterocycles. The van der Waals surface area contributed by atoms with Gasteiger partial charge >= 0.3 is 5.97 Å². The van der Waals surface area contributed by atoms with Crippen molar-refractivity contribution in [2.24, 2.45) is 17.8 Å². The lowest BCUT2D eigenvalue weighted by atomic mass is 10.1. The lowest BCUT2D eigenvalue weighted by Gasteiger charge is -2.21. The Hall–Kier alpha value is -5.24. The minimum atomic E-state index is -0.306. The Labute approximate surface area is 263 Å². The molecule has 3 atom stereocenters. The quantitative estimate of drug-likeness (QED) is 0.233. The molecule has 14 nitrogen and oxygen atoms in total. The van der Waals surface area contributed by atoms with Crippen LogP contribution in [0.5, 0.6) is 11.5 Å². The second kappa shape index (κ2) is 11.3. The number of methoxy groups -OCH3 is 1. The number of aromatic nitrogens is 6. The maximum atomic E-state index is 13.7. The summed E-state index contributed by atoms with van der Waals surface area (Å²) in [4.78, 5) is 37.3. The molecule has 1 aromatic carbocycles. The molecule has 1 aliphatic carbocycles. The number of rotatable bonds is 9. The van der Waals surface area contributed by atoms with Gasteiger partial charge in [-0.05, 0) is 30.9 Å². The average Bonchev–Trinajstić information content (AvgIpc) is 3.42. The number of likely N-dealkylation sites (tertiary alicyclic amines) is 1. The van der Waals surface area contributed by atoms with E-state index in [9.17, 15) is 9.59 Å². The van der Waals surface area contributed by atoms with Gasteiger partial charge in [0.2, 0.25) is 0 Å². The van der Waals surface area contributed by atoms with E-state index in [4.69, 9.17) is 24.3 Å². The number of fused-ring (bicyclic) bond motifs is 4. The van der Waals surface area contributed by atoms with Crippen molar-refractivity contribution in [2.75, 3.05) is 58.4 Å². The third-order valence-corrected chi connectivity index (χ3v) is 9.06. The number of esters is 1. The van der Waals surface area contributed by atoms with Crippen molar-refractivity contribution >= 4 is 34.1 Å². The summed E-state index contributed by atoms with van der Waals surface area (Å²) in [6.45, 7) is 6.26. The van der Waals surface area contributed by atoms with E-state index in [2.05, 4.69) is 25.6 Å². The molecule has 1 unspecified atom stereocenters. The number of carbonyl (C=O) groups excluding carboxylic acids is 2. The van der Waals surface area contributed by atoms with Gasteiger partial charge in [-0.15, -0.1) is 0 Å². The number of nitrogens with zero attached hydrogens (tertiary/aromatic N) is 7. The maximum absolute atomic E-state index is 13.7. The molecule has 2 fully saturated rings. The second-order valence-electron chi connectivity index (χ2n) is 11.7. The first-order valence-corrected chi connectivity index (χ1v) is 15.5. The number of anilines is 1. The second-order valence-corrected chi connectivity index (χ2v) is 11.7. The first kappa shape index (κ1) is 28.2. The number of pyridine rings is 1. The van der Waals surface area contributed by atoms with E-state index in [1.807, 2.05) is 37.4 Å². The fourth-order valence-electron chi connectivity index (χ4n) is 6.79. The van der Waals surface area contributed by atoms with Crippen LogP contribution in [0.2, 0.25) is 0 Å². The van der Waals surface area contributed by atoms with E-state index >= 15 is 0 Å². The highest BCUT2D eigenvalue weighted by Gasteiger charge is 2.59. The maximum Gasteiger partial charge on any atom is 0.309 e. The third kappa shape index (κ3) is 4.76. The van der Waals surface area contributed by atoms with E-state index in [0.29, 0.717) is 84.1 Å². The monoisotopic (exact) mass is 623 g/mol. The Bertz CT molecular complexity index is 1980. The molecule has 6 heterocycles. The van der Waals surface area contributed by atoms with Crippen LogP contribution in [0.4, 0.5) is 5.69 Å². The van der Waals surface area contributed by atoms with E-state index in [0.717, 1.165) is 24.3 Å². The van der Waals surface area contributed by atoms with Crippen LogP contribution in [0.15, 0.2) is 49.1 Å². The highest BCUT2D eigenvalue weighted by molar-refractivity contribution is 6.05. The SMILES string of the molecule is CCOC(=O)C1[C@H]2CN(CCNC(=O)c3nn(-c4cc5c(cc4OC)NCCO5)c4cc(-c5cnn6cccnc56)ncc34)C[C@@H]12. The first-order chi connectivity index (χ1) is 22.5. The van der Waals surface area contributed by atoms with Crippen molar-refractivity contribution < 1.29 is 23.8 Å². The van der Waals surface area contributed by atoms with E-state index in [1.165, 1.54) is 0 Å². The summed E-state index contributed by atoms with van der Waals surface area (Å²) < 4.78 is 20.3. The minimum absolute atomic E-state index is 0.0248. The van der Waals surface area contributed by atoms with Gasteiger partial charge in [0.15, 0.2) is 11.3 Å². The van der Waals surface area contributed by atoms with E-state index < -0.39 is 0 Å². The standard InChI is InChI=1S/C32H33N9O5/c1-3-45-32(43)28-20-16-39(17-21(20)28)9-6-35-31(42)29-19-14-36-22(18-15-37-40-8-4-5-34-30(18)40)11-24(19)41(38-29)25-13-26-23(12-27(25)44-2)33-7-10-46-26/h4-5,8,11-15,20-21,28,33H,3,6-7,9-10,16-17H2,1-2H3,(H,35,42)/t20-,21+,28?. The average molecular weight is 624 g/mol. The van der Waals surface area contributed by atoms with Crippen LogP contribution >= 0.6 is 0 Å². The Kier molecular flexibility index (Phi) is 6.93. The fraction of sp³-hybridized carbons (Fsp3) is 0.375. The zero-order chi connectivity index (χ0) is 31.4. The molecule has 8 rings (SSSR count). The predicted molar refractivity (Wildman–Crippen MR) is 167 cm³/mol. The molecule has 0 radical (unpaired) electrons. The summed E-state index contributed by atoms with van der Waals surface area (Å²) in [7, 11) is 1.60. The molecule has 5 aromatic rings. The van der Waals surface area contributed by atoms with Crippen LogP contribution in [0.3, 0.4) is 0 Å². The summed E-state index contributed by atoms with van der Waals surface area (Å²) >= 11 is 0. The molecule has 14 heteroatoms. The van der Waals surface area contributed by atoms with Crippen LogP contribution in [-0.2, 0) is 9.53 Å². The number of hydrogen-bond donors (Lipinski definition) is 2. The fourth-order valence-corrected chi connectivity index (χ4v) is 6.79. The van der Waals surface area contributed by atoms with Gasteiger partial charge in [-0.3, -0.25) is 14.6 Å². The van der Waals surface area contributed by atoms with Gasteiger partial charge in [-0.1, -0.05) is 0 Å². The summed E-state index contributed by atoms with van der Waals surface area (Å²) in [5.41, 5.74) is 4.41. The summed E-state index contributed by atoms with van der Waals surface area (Å²) in [5, 5.41) is 16.2. The molecule has 0 spiro atoms. The van der Waals surface area contributed by atoms with Crippen LogP contribution < -0.4 is 20.1 Å². The Morgan fingerprint density at radius 3 is 2.85 bits per heavy atom. The van der Waals surface area contributed by atoms with Crippen LogP contribution in [0.25, 0.3) is 33.5 Å². The van der Waals surface area contributed by atoms with Gasteiger partial charge in [0.25, 0.3) is 5.91 Å². The van der Waals surface area contributed by atoms with Gasteiger partial charge in [0.1, 0.15) is 23.8 Å². The van der Waals surface area contributed by atoms with Crippen LogP contribution in [-0.4, -0.2) is 99.2 Å². The molecule has 1 amide bonds.